The van der Waals surface area contributed by atoms with E-state index in [1.165, 1.54) is 0 Å². The van der Waals surface area contributed by atoms with Gasteiger partial charge < -0.3 is 22.7 Å². The van der Waals surface area contributed by atoms with Crippen molar-refractivity contribution in [2.45, 2.75) is 83.1 Å². The predicted molar refractivity (Wildman–Crippen MR) is 144 cm³/mol. The van der Waals surface area contributed by atoms with E-state index in [4.69, 9.17) is 22.7 Å². The van der Waals surface area contributed by atoms with Gasteiger partial charge in [0.15, 0.2) is 16.2 Å². The van der Waals surface area contributed by atoms with Crippen molar-refractivity contribution in [3.8, 4) is 0 Å². The topological polar surface area (TPSA) is 158 Å². The van der Waals surface area contributed by atoms with Gasteiger partial charge in [0.05, 0.1) is 0 Å². The molecule has 2 rings (SSSR count). The van der Waals surface area contributed by atoms with Gasteiger partial charge in [-0.3, -0.25) is 28.8 Å². The third kappa shape index (κ3) is 5.53. The number of carbonyl (C=O) groups is 6. The lowest BCUT2D eigenvalue weighted by Crippen LogP contribution is -2.61. The van der Waals surface area contributed by atoms with E-state index in [0.717, 1.165) is 0 Å². The zero-order chi connectivity index (χ0) is 31.8. The van der Waals surface area contributed by atoms with E-state index in [1.807, 2.05) is 0 Å². The average Bonchev–Trinajstić information content (AvgIpc) is 2.77. The molecule has 41 heavy (non-hydrogen) atoms. The number of hydrogen-bond acceptors (Lipinski definition) is 12. The summed E-state index contributed by atoms with van der Waals surface area (Å²) in [5.41, 5.74) is -5.14. The van der Waals surface area contributed by atoms with E-state index in [-0.39, 0.29) is 0 Å². The summed E-state index contributed by atoms with van der Waals surface area (Å²) >= 11 is -7.42. The van der Waals surface area contributed by atoms with Crippen LogP contribution in [-0.4, -0.2) is 66.1 Å². The summed E-state index contributed by atoms with van der Waals surface area (Å²) in [5, 5.41) is 0. The van der Waals surface area contributed by atoms with E-state index >= 15 is 0 Å². The molecule has 0 saturated carbocycles. The van der Waals surface area contributed by atoms with E-state index < -0.39 is 118 Å². The van der Waals surface area contributed by atoms with Crippen molar-refractivity contribution in [3.05, 3.63) is 0 Å². The van der Waals surface area contributed by atoms with E-state index in [0.29, 0.717) is 0 Å². The molecule has 0 aromatic heterocycles. The molecule has 2 saturated heterocycles. The molecule has 2 heterocycles. The van der Waals surface area contributed by atoms with Gasteiger partial charge in [-0.15, -0.1) is 0 Å². The molecule has 14 heteroatoms. The highest BCUT2D eigenvalue weighted by Gasteiger charge is 2.69. The van der Waals surface area contributed by atoms with Crippen LogP contribution >= 0.6 is 0 Å². The summed E-state index contributed by atoms with van der Waals surface area (Å²) in [6.45, 7) is 19.8. The van der Waals surface area contributed by atoms with E-state index in [2.05, 4.69) is 0 Å². The van der Waals surface area contributed by atoms with Gasteiger partial charge in [-0.1, -0.05) is 83.1 Å². The Morgan fingerprint density at radius 2 is 0.756 bits per heavy atom. The van der Waals surface area contributed by atoms with Gasteiger partial charge in [-0.25, -0.2) is 0 Å². The minimum absolute atomic E-state index is 0.454. The molecule has 0 spiro atoms. The Kier molecular flexibility index (Phi) is 10.8. The van der Waals surface area contributed by atoms with Crippen LogP contribution in [0.1, 0.15) is 83.1 Å². The maximum Gasteiger partial charge on any atom is 1.20 e. The predicted octanol–water partition coefficient (Wildman–Crippen LogP) is 3.14. The van der Waals surface area contributed by atoms with Crippen LogP contribution < -0.4 is 0 Å². The second-order valence-corrected chi connectivity index (χ2v) is 15.1. The molecule has 0 atom stereocenters. The molecule has 0 amide bonds. The van der Waals surface area contributed by atoms with Gasteiger partial charge in [0, 0.05) is 0 Å². The molecule has 12 nitrogen and oxygen atoms in total. The smallest absolute Gasteiger partial charge is 0.550 e. The maximum absolute atomic E-state index is 13.7. The lowest BCUT2D eigenvalue weighted by molar-refractivity contribution is -0.185. The fourth-order valence-electron chi connectivity index (χ4n) is 6.33. The summed E-state index contributed by atoms with van der Waals surface area (Å²) in [6.07, 6.45) is 0. The first-order valence-corrected chi connectivity index (χ1v) is 16.9. The van der Waals surface area contributed by atoms with Crippen molar-refractivity contribution in [2.75, 3.05) is 0 Å². The van der Waals surface area contributed by atoms with Crippen molar-refractivity contribution in [1.82, 2.24) is 0 Å². The van der Waals surface area contributed by atoms with E-state index in [1.54, 1.807) is 83.1 Å². The number of carbonyl (C=O) groups excluding carboxylic acids is 6. The first-order chi connectivity index (χ1) is 18.8. The van der Waals surface area contributed by atoms with Crippen molar-refractivity contribution < 1.29 is 51.5 Å². The summed E-state index contributed by atoms with van der Waals surface area (Å²) in [4.78, 5) is 79.6. The van der Waals surface area contributed by atoms with Crippen molar-refractivity contribution >= 4 is 66.1 Å². The van der Waals surface area contributed by atoms with Crippen LogP contribution in [0.15, 0.2) is 0 Å². The van der Waals surface area contributed by atoms with Crippen LogP contribution in [0.2, 0.25) is 0 Å². The summed E-state index contributed by atoms with van der Waals surface area (Å²) in [7, 11) is 0. The Labute approximate surface area is 251 Å². The zero-order valence-electron chi connectivity index (χ0n) is 26.0. The SMILES string of the molecule is CC(C)C1(C(C)C)C(=O)[O][Al]([O]C(=O)C(C(=O)[O][Al]2[O]C(=O)C(C(C)C)(C(C)C)C(=O)[O]2)(C(C)C)C(C)C)[O]C1=O. The molecule has 0 bridgehead atoms. The molecular weight excluding hydrogens is 570 g/mol. The molecule has 0 radical (unpaired) electrons. The first-order valence-electron chi connectivity index (χ1n) is 14.0. The van der Waals surface area contributed by atoms with Gasteiger partial charge >= 0.3 is 30.3 Å². The standard InChI is InChI=1S/3C9H16O4.2Al/c3*1-5(2)9(6(3)4,7(10)11)8(12)13;;/h3*5-6H,1-4H3,(H,10,11)(H,12,13);;/q;;;2*+3/p-6. The number of hydrogen-bond donors (Lipinski definition) is 0. The van der Waals surface area contributed by atoms with Crippen LogP contribution in [0.5, 0.6) is 0 Å². The molecule has 0 unspecified atom stereocenters. The Hall–Kier alpha value is -2.12. The highest BCUT2D eigenvalue weighted by molar-refractivity contribution is 6.49. The molecule has 2 aliphatic heterocycles. The summed E-state index contributed by atoms with van der Waals surface area (Å²) < 4.78 is 32.4. The third-order valence-electron chi connectivity index (χ3n) is 8.71. The Bertz CT molecular complexity index is 938. The van der Waals surface area contributed by atoms with E-state index in [9.17, 15) is 28.8 Å². The third-order valence-corrected chi connectivity index (χ3v) is 11.1. The highest BCUT2D eigenvalue weighted by atomic mass is 27.3. The Morgan fingerprint density at radius 1 is 0.537 bits per heavy atom. The van der Waals surface area contributed by atoms with Crippen LogP contribution in [0.25, 0.3) is 0 Å². The molecular formula is C27H42Al2O12. The van der Waals surface area contributed by atoms with Gasteiger partial charge in [-0.05, 0) is 35.5 Å². The molecule has 228 valence electrons. The molecule has 0 aliphatic carbocycles. The van der Waals surface area contributed by atoms with Gasteiger partial charge in [0.25, 0.3) is 35.8 Å². The zero-order valence-corrected chi connectivity index (χ0v) is 28.3. The van der Waals surface area contributed by atoms with Crippen molar-refractivity contribution in [1.29, 1.82) is 0 Å². The van der Waals surface area contributed by atoms with Gasteiger partial charge in [0.1, 0.15) is 0 Å². The summed E-state index contributed by atoms with van der Waals surface area (Å²) in [6, 6.07) is 0. The Morgan fingerprint density at radius 3 is 0.927 bits per heavy atom. The quantitative estimate of drug-likeness (QED) is 0.263. The maximum atomic E-state index is 13.7. The first kappa shape index (κ1) is 35.1. The minimum atomic E-state index is -3.71. The summed E-state index contributed by atoms with van der Waals surface area (Å²) in [5.74, 6) is -8.97. The van der Waals surface area contributed by atoms with Crippen molar-refractivity contribution in [2.24, 2.45) is 51.8 Å². The normalized spacial score (nSPS) is 19.1. The largest absolute Gasteiger partial charge is 1.20 e. The lowest BCUT2D eigenvalue weighted by atomic mass is 9.69. The van der Waals surface area contributed by atoms with Crippen LogP contribution in [-0.2, 0) is 51.5 Å². The molecule has 0 aromatic carbocycles. The van der Waals surface area contributed by atoms with Crippen molar-refractivity contribution in [3.63, 3.8) is 0 Å². The fourth-order valence-corrected chi connectivity index (χ4v) is 8.84. The highest BCUT2D eigenvalue weighted by Crippen LogP contribution is 2.45. The van der Waals surface area contributed by atoms with Crippen LogP contribution in [0.4, 0.5) is 0 Å². The monoisotopic (exact) mass is 612 g/mol. The van der Waals surface area contributed by atoms with Crippen LogP contribution in [0.3, 0.4) is 0 Å². The second kappa shape index (κ2) is 12.6. The second-order valence-electron chi connectivity index (χ2n) is 12.5. The molecule has 0 N–H and O–H groups in total. The lowest BCUT2D eigenvalue weighted by Gasteiger charge is -2.42. The average molecular weight is 613 g/mol. The van der Waals surface area contributed by atoms with Crippen LogP contribution in [0, 0.1) is 51.8 Å². The van der Waals surface area contributed by atoms with Gasteiger partial charge in [0.2, 0.25) is 0 Å². The van der Waals surface area contributed by atoms with Gasteiger partial charge in [-0.2, -0.15) is 0 Å². The molecule has 0 aromatic rings. The Balaban J connectivity index is 2.34. The molecule has 2 aliphatic rings. The minimum Gasteiger partial charge on any atom is -0.550 e. The fraction of sp³-hybridized carbons (Fsp3) is 0.778. The number of rotatable bonds is 10. The molecule has 2 fully saturated rings.